The standard InChI is InChI=1S/C57H35N5S/c1-4-18-36(19-5-1)39-24-10-11-27-46(39)56-58-55(37-20-6-2-7-21-37)59-57(60-56)47-28-14-17-31-50(47)62-49-30-16-13-26-41(49)43-33-35-45-44-34-32-42-40-25-12-15-29-48(40)61(38-22-8-3-9-23-38)51(42)53(44)63-54(45)52(43)62/h1-35H. The van der Waals surface area contributed by atoms with Crippen LogP contribution in [-0.2, 0) is 0 Å². The summed E-state index contributed by atoms with van der Waals surface area (Å²) < 4.78 is 7.41. The number of thiophene rings is 1. The molecule has 0 amide bonds. The number of hydrogen-bond acceptors (Lipinski definition) is 4. The molecule has 0 bridgehead atoms. The molecule has 0 aliphatic carbocycles. The topological polar surface area (TPSA) is 48.5 Å². The molecule has 0 aliphatic rings. The number of aromatic nitrogens is 5. The van der Waals surface area contributed by atoms with Crippen LogP contribution in [0.3, 0.4) is 0 Å². The van der Waals surface area contributed by atoms with Gasteiger partial charge in [0.05, 0.1) is 37.2 Å². The molecule has 13 rings (SSSR count). The van der Waals surface area contributed by atoms with Crippen LogP contribution in [0, 0.1) is 0 Å². The van der Waals surface area contributed by atoms with Crippen molar-refractivity contribution in [1.82, 2.24) is 24.1 Å². The Morgan fingerprint density at radius 3 is 1.40 bits per heavy atom. The van der Waals surface area contributed by atoms with Crippen molar-refractivity contribution in [2.45, 2.75) is 0 Å². The predicted molar refractivity (Wildman–Crippen MR) is 263 cm³/mol. The van der Waals surface area contributed by atoms with Crippen molar-refractivity contribution in [2.24, 2.45) is 0 Å². The lowest BCUT2D eigenvalue weighted by molar-refractivity contribution is 1.07. The van der Waals surface area contributed by atoms with Gasteiger partial charge in [-0.1, -0.05) is 176 Å². The Balaban J connectivity index is 1.10. The summed E-state index contributed by atoms with van der Waals surface area (Å²) in [5, 5.41) is 7.40. The van der Waals surface area contributed by atoms with Crippen molar-refractivity contribution in [1.29, 1.82) is 0 Å². The maximum atomic E-state index is 5.37. The lowest BCUT2D eigenvalue weighted by atomic mass is 9.99. The molecule has 4 heterocycles. The van der Waals surface area contributed by atoms with Crippen molar-refractivity contribution in [3.63, 3.8) is 0 Å². The van der Waals surface area contributed by atoms with Crippen LogP contribution in [0.5, 0.6) is 0 Å². The van der Waals surface area contributed by atoms with Gasteiger partial charge in [0.25, 0.3) is 0 Å². The van der Waals surface area contributed by atoms with Crippen molar-refractivity contribution in [3.05, 3.63) is 212 Å². The van der Waals surface area contributed by atoms with Gasteiger partial charge in [-0.05, 0) is 47.5 Å². The van der Waals surface area contributed by atoms with E-state index in [4.69, 9.17) is 15.0 Å². The van der Waals surface area contributed by atoms with Gasteiger partial charge in [0.15, 0.2) is 17.5 Å². The summed E-state index contributed by atoms with van der Waals surface area (Å²) in [6.07, 6.45) is 0. The molecular formula is C57H35N5S. The first-order chi connectivity index (χ1) is 31.3. The average molecular weight is 822 g/mol. The summed E-state index contributed by atoms with van der Waals surface area (Å²) in [6, 6.07) is 75.2. The molecule has 0 aliphatic heterocycles. The number of nitrogens with zero attached hydrogens (tertiary/aromatic N) is 5. The van der Waals surface area contributed by atoms with E-state index >= 15 is 0 Å². The van der Waals surface area contributed by atoms with Gasteiger partial charge < -0.3 is 9.13 Å². The Kier molecular flexibility index (Phi) is 8.01. The van der Waals surface area contributed by atoms with Gasteiger partial charge in [-0.25, -0.2) is 15.0 Å². The zero-order valence-electron chi connectivity index (χ0n) is 33.9. The molecule has 0 atom stereocenters. The van der Waals surface area contributed by atoms with Gasteiger partial charge in [-0.3, -0.25) is 0 Å². The molecule has 0 spiro atoms. The van der Waals surface area contributed by atoms with E-state index in [1.165, 1.54) is 58.3 Å². The summed E-state index contributed by atoms with van der Waals surface area (Å²) in [7, 11) is 0. The molecule has 0 radical (unpaired) electrons. The van der Waals surface area contributed by atoms with Gasteiger partial charge in [-0.2, -0.15) is 0 Å². The number of rotatable bonds is 6. The van der Waals surface area contributed by atoms with Crippen molar-refractivity contribution in [3.8, 4) is 56.7 Å². The van der Waals surface area contributed by atoms with Gasteiger partial charge in [0.1, 0.15) is 0 Å². The van der Waals surface area contributed by atoms with Crippen LogP contribution in [0.4, 0.5) is 0 Å². The van der Waals surface area contributed by atoms with Crippen molar-refractivity contribution in [2.75, 3.05) is 0 Å². The van der Waals surface area contributed by atoms with E-state index in [1.54, 1.807) is 0 Å². The molecule has 0 fully saturated rings. The number of hydrogen-bond donors (Lipinski definition) is 0. The molecule has 63 heavy (non-hydrogen) atoms. The summed E-state index contributed by atoms with van der Waals surface area (Å²) in [5.41, 5.74) is 11.9. The van der Waals surface area contributed by atoms with E-state index in [-0.39, 0.29) is 0 Å². The number of fused-ring (bicyclic) bond motifs is 11. The highest BCUT2D eigenvalue weighted by atomic mass is 32.1. The van der Waals surface area contributed by atoms with Crippen LogP contribution < -0.4 is 0 Å². The first-order valence-electron chi connectivity index (χ1n) is 21.2. The lowest BCUT2D eigenvalue weighted by Crippen LogP contribution is -2.04. The van der Waals surface area contributed by atoms with Crippen LogP contribution in [0.2, 0.25) is 0 Å². The molecule has 5 nitrogen and oxygen atoms in total. The third kappa shape index (κ3) is 5.52. The second-order valence-electron chi connectivity index (χ2n) is 15.9. The van der Waals surface area contributed by atoms with Crippen LogP contribution in [0.25, 0.3) is 120 Å². The smallest absolute Gasteiger partial charge is 0.166 e. The highest BCUT2D eigenvalue weighted by Crippen LogP contribution is 2.48. The third-order valence-electron chi connectivity index (χ3n) is 12.4. The Bertz CT molecular complexity index is 3900. The van der Waals surface area contributed by atoms with Crippen molar-refractivity contribution >= 4 is 75.1 Å². The zero-order valence-corrected chi connectivity index (χ0v) is 34.7. The highest BCUT2D eigenvalue weighted by Gasteiger charge is 2.24. The molecule has 13 aromatic rings. The van der Waals surface area contributed by atoms with E-state index < -0.39 is 0 Å². The highest BCUT2D eigenvalue weighted by molar-refractivity contribution is 7.27. The molecule has 0 saturated heterocycles. The van der Waals surface area contributed by atoms with Gasteiger partial charge in [0.2, 0.25) is 0 Å². The van der Waals surface area contributed by atoms with E-state index in [0.717, 1.165) is 44.7 Å². The predicted octanol–water partition coefficient (Wildman–Crippen LogP) is 15.1. The summed E-state index contributed by atoms with van der Waals surface area (Å²) in [4.78, 5) is 15.8. The molecule has 0 saturated carbocycles. The first-order valence-corrected chi connectivity index (χ1v) is 22.0. The summed E-state index contributed by atoms with van der Waals surface area (Å²) in [6.45, 7) is 0. The van der Waals surface area contributed by atoms with Crippen molar-refractivity contribution < 1.29 is 0 Å². The SMILES string of the molecule is c1ccc(-c2nc(-c3ccccc3-c3ccccc3)nc(-c3ccccc3-n3c4ccccc4c4ccc5c6ccc7c8ccccc8n(-c8ccccc8)c7c6sc5c43)n2)cc1. The molecule has 0 N–H and O–H groups in total. The zero-order chi connectivity index (χ0) is 41.4. The van der Waals surface area contributed by atoms with E-state index in [0.29, 0.717) is 17.5 Å². The molecule has 9 aromatic carbocycles. The Morgan fingerprint density at radius 1 is 0.302 bits per heavy atom. The van der Waals surface area contributed by atoms with E-state index in [1.807, 2.05) is 35.6 Å². The quantitative estimate of drug-likeness (QED) is 0.168. The minimum Gasteiger partial charge on any atom is -0.308 e. The third-order valence-corrected chi connectivity index (χ3v) is 13.6. The van der Waals surface area contributed by atoms with Gasteiger partial charge in [-0.15, -0.1) is 11.3 Å². The molecule has 294 valence electrons. The fraction of sp³-hybridized carbons (Fsp3) is 0. The van der Waals surface area contributed by atoms with Crippen LogP contribution in [0.15, 0.2) is 212 Å². The fourth-order valence-corrected chi connectivity index (χ4v) is 11.0. The number of benzene rings is 9. The van der Waals surface area contributed by atoms with Crippen LogP contribution in [-0.4, -0.2) is 24.1 Å². The maximum absolute atomic E-state index is 5.37. The van der Waals surface area contributed by atoms with Crippen LogP contribution in [0.1, 0.15) is 0 Å². The Morgan fingerprint density at radius 2 is 0.746 bits per heavy atom. The monoisotopic (exact) mass is 821 g/mol. The van der Waals surface area contributed by atoms with Gasteiger partial charge in [0, 0.05) is 54.7 Å². The normalized spacial score (nSPS) is 11.8. The van der Waals surface area contributed by atoms with E-state index in [9.17, 15) is 0 Å². The Labute approximate surface area is 366 Å². The fourth-order valence-electron chi connectivity index (χ4n) is 9.62. The Hall–Kier alpha value is -8.19. The largest absolute Gasteiger partial charge is 0.308 e. The van der Waals surface area contributed by atoms with Gasteiger partial charge >= 0.3 is 0 Å². The minimum absolute atomic E-state index is 0.612. The van der Waals surface area contributed by atoms with E-state index in [2.05, 4.69) is 197 Å². The summed E-state index contributed by atoms with van der Waals surface area (Å²) >= 11 is 1.89. The maximum Gasteiger partial charge on any atom is 0.166 e. The molecule has 0 unspecified atom stereocenters. The molecule has 6 heteroatoms. The average Bonchev–Trinajstić information content (AvgIpc) is 4.03. The minimum atomic E-state index is 0.612. The lowest BCUT2D eigenvalue weighted by Gasteiger charge is -2.15. The number of para-hydroxylation sites is 4. The summed E-state index contributed by atoms with van der Waals surface area (Å²) in [5.74, 6) is 1.86. The second-order valence-corrected chi connectivity index (χ2v) is 16.9. The molecular weight excluding hydrogens is 787 g/mol. The first kappa shape index (κ1) is 35.6. The molecule has 4 aromatic heterocycles. The second kappa shape index (κ2) is 14.2. The van der Waals surface area contributed by atoms with Crippen LogP contribution >= 0.6 is 11.3 Å².